The molecule has 1 saturated heterocycles. The monoisotopic (exact) mass is 476 g/mol. The number of Topliss-reactive ketones (excluding diaryl/α,β-unsaturated/α-hetero) is 1. The first kappa shape index (κ1) is 24.3. The van der Waals surface area contributed by atoms with Crippen LogP contribution in [0.5, 0.6) is 0 Å². The van der Waals surface area contributed by atoms with E-state index in [4.69, 9.17) is 0 Å². The summed E-state index contributed by atoms with van der Waals surface area (Å²) in [5.41, 5.74) is 0.454. The zero-order chi connectivity index (χ0) is 23.7. The number of hydrogen-bond acceptors (Lipinski definition) is 5. The molecule has 5 heteroatoms. The highest BCUT2D eigenvalue weighted by atomic mass is 32.2. The highest BCUT2D eigenvalue weighted by Gasteiger charge is 2.65. The van der Waals surface area contributed by atoms with Crippen LogP contribution in [0.3, 0.4) is 0 Å². The van der Waals surface area contributed by atoms with Gasteiger partial charge in [0.05, 0.1) is 23.9 Å². The van der Waals surface area contributed by atoms with Crippen molar-refractivity contribution in [1.29, 1.82) is 0 Å². The topological polar surface area (TPSA) is 74.6 Å². The number of thioether (sulfide) groups is 1. The number of rotatable bonds is 4. The molecule has 0 aromatic rings. The molecule has 5 unspecified atom stereocenters. The van der Waals surface area contributed by atoms with Gasteiger partial charge < -0.3 is 10.2 Å². The van der Waals surface area contributed by atoms with Crippen molar-refractivity contribution in [3.05, 3.63) is 0 Å². The number of aliphatic hydroxyl groups is 2. The number of aliphatic hydroxyl groups excluding tert-OH is 2. The van der Waals surface area contributed by atoms with Gasteiger partial charge in [-0.1, -0.05) is 45.9 Å². The van der Waals surface area contributed by atoms with E-state index in [-0.39, 0.29) is 45.6 Å². The molecule has 0 bridgehead atoms. The lowest BCUT2D eigenvalue weighted by atomic mass is 9.41. The lowest BCUT2D eigenvalue weighted by Crippen LogP contribution is -2.62. The maximum atomic E-state index is 12.3. The van der Waals surface area contributed by atoms with Crippen LogP contribution in [0, 0.1) is 52.3 Å². The van der Waals surface area contributed by atoms with Crippen molar-refractivity contribution in [2.45, 2.75) is 109 Å². The van der Waals surface area contributed by atoms with E-state index in [2.05, 4.69) is 27.7 Å². The Hall–Kier alpha value is -0.390. The van der Waals surface area contributed by atoms with E-state index in [1.165, 1.54) is 37.4 Å². The summed E-state index contributed by atoms with van der Waals surface area (Å²) in [6.07, 6.45) is 9.14. The second kappa shape index (κ2) is 8.62. The largest absolute Gasteiger partial charge is 0.393 e. The second-order valence-corrected chi connectivity index (χ2v) is 14.2. The van der Waals surface area contributed by atoms with E-state index in [1.54, 1.807) is 0 Å². The predicted molar refractivity (Wildman–Crippen MR) is 132 cm³/mol. The van der Waals surface area contributed by atoms with Crippen molar-refractivity contribution in [2.24, 2.45) is 52.3 Å². The first-order valence-electron chi connectivity index (χ1n) is 13.7. The maximum Gasteiger partial charge on any atom is 0.197 e. The zero-order valence-corrected chi connectivity index (χ0v) is 21.8. The van der Waals surface area contributed by atoms with Gasteiger partial charge >= 0.3 is 0 Å². The lowest BCUT2D eigenvalue weighted by Gasteiger charge is -2.64. The summed E-state index contributed by atoms with van der Waals surface area (Å²) in [5, 5.41) is 22.2. The van der Waals surface area contributed by atoms with Crippen molar-refractivity contribution in [3.63, 3.8) is 0 Å². The number of fused-ring (bicyclic) bond motifs is 5. The molecule has 0 radical (unpaired) electrons. The molecule has 5 rings (SSSR count). The highest BCUT2D eigenvalue weighted by molar-refractivity contribution is 8.15. The van der Waals surface area contributed by atoms with Crippen LogP contribution in [-0.4, -0.2) is 38.6 Å². The smallest absolute Gasteiger partial charge is 0.197 e. The summed E-state index contributed by atoms with van der Waals surface area (Å²) < 4.78 is 0. The third kappa shape index (κ3) is 3.69. The van der Waals surface area contributed by atoms with E-state index in [1.807, 2.05) is 0 Å². The minimum atomic E-state index is -0.258. The third-order valence-electron chi connectivity index (χ3n) is 11.7. The van der Waals surface area contributed by atoms with Crippen LogP contribution < -0.4 is 0 Å². The summed E-state index contributed by atoms with van der Waals surface area (Å²) in [6.45, 7) is 9.53. The fraction of sp³-hybridized carbons (Fsp3) is 0.929. The first-order valence-corrected chi connectivity index (χ1v) is 14.6. The highest BCUT2D eigenvalue weighted by Crippen LogP contribution is 2.69. The van der Waals surface area contributed by atoms with Gasteiger partial charge in [0.15, 0.2) is 10.9 Å². The zero-order valence-electron chi connectivity index (χ0n) is 21.0. The van der Waals surface area contributed by atoms with Crippen molar-refractivity contribution in [2.75, 3.05) is 0 Å². The Labute approximate surface area is 204 Å². The normalized spacial score (nSPS) is 52.8. The Balaban J connectivity index is 1.39. The van der Waals surface area contributed by atoms with Gasteiger partial charge in [-0.3, -0.25) is 9.59 Å². The Morgan fingerprint density at radius 1 is 1.00 bits per heavy atom. The maximum absolute atomic E-state index is 12.3. The van der Waals surface area contributed by atoms with Gasteiger partial charge in [-0.05, 0) is 104 Å². The van der Waals surface area contributed by atoms with Gasteiger partial charge in [-0.25, -0.2) is 0 Å². The van der Waals surface area contributed by atoms with E-state index < -0.39 is 0 Å². The van der Waals surface area contributed by atoms with Crippen molar-refractivity contribution >= 4 is 22.7 Å². The van der Waals surface area contributed by atoms with Gasteiger partial charge in [-0.15, -0.1) is 0 Å². The molecule has 5 aliphatic rings. The molecule has 5 fully saturated rings. The van der Waals surface area contributed by atoms with Crippen LogP contribution in [0.25, 0.3) is 0 Å². The lowest BCUT2D eigenvalue weighted by molar-refractivity contribution is -0.203. The molecule has 0 aromatic heterocycles. The van der Waals surface area contributed by atoms with Crippen LogP contribution in [0.4, 0.5) is 0 Å². The Bertz CT molecular complexity index is 799. The second-order valence-electron chi connectivity index (χ2n) is 13.0. The quantitative estimate of drug-likeness (QED) is 0.543. The van der Waals surface area contributed by atoms with Gasteiger partial charge in [0.1, 0.15) is 0 Å². The molecule has 2 N–H and O–H groups in total. The molecular weight excluding hydrogens is 432 g/mol. The molecular formula is C28H44O4S. The Morgan fingerprint density at radius 3 is 2.36 bits per heavy atom. The average Bonchev–Trinajstić information content (AvgIpc) is 3.27. The van der Waals surface area contributed by atoms with Gasteiger partial charge in [-0.2, -0.15) is 0 Å². The summed E-state index contributed by atoms with van der Waals surface area (Å²) in [4.78, 5) is 24.1. The first-order chi connectivity index (χ1) is 15.6. The molecule has 1 aliphatic heterocycles. The van der Waals surface area contributed by atoms with Crippen molar-refractivity contribution in [1.82, 2.24) is 0 Å². The van der Waals surface area contributed by atoms with E-state index in [0.29, 0.717) is 41.4 Å². The number of ketones is 1. The van der Waals surface area contributed by atoms with Crippen molar-refractivity contribution < 1.29 is 19.8 Å². The van der Waals surface area contributed by atoms with Gasteiger partial charge in [0.25, 0.3) is 0 Å². The average molecular weight is 477 g/mol. The molecule has 0 aromatic carbocycles. The summed E-state index contributed by atoms with van der Waals surface area (Å²) >= 11 is 1.27. The van der Waals surface area contributed by atoms with Crippen LogP contribution in [0.15, 0.2) is 0 Å². The molecule has 4 nitrogen and oxygen atoms in total. The molecule has 4 aliphatic carbocycles. The molecule has 186 valence electrons. The Kier molecular flexibility index (Phi) is 6.35. The minimum Gasteiger partial charge on any atom is -0.393 e. The standard InChI is InChI=1S/C28H44O4S/c1-5-17-21-13-16(29)8-10-28(21,4)20-9-11-27(3)18(6-7-19(27)25(20)26(17)32)15(2)12-23-22(30)14-24(31)33-23/h15-21,23,25-26,29,32H,5-14H2,1-4H3/t15-,16-,17-,18?,19?,20?,21+,23+,25?,26?,27-,28-/m1/s1. The molecule has 33 heavy (non-hydrogen) atoms. The predicted octanol–water partition coefficient (Wildman–Crippen LogP) is 5.24. The molecule has 1 heterocycles. The van der Waals surface area contributed by atoms with E-state index in [9.17, 15) is 19.8 Å². The van der Waals surface area contributed by atoms with Crippen LogP contribution in [-0.2, 0) is 9.59 Å². The summed E-state index contributed by atoms with van der Waals surface area (Å²) in [6, 6.07) is 0. The van der Waals surface area contributed by atoms with Crippen LogP contribution in [0.2, 0.25) is 0 Å². The minimum absolute atomic E-state index is 0.0459. The van der Waals surface area contributed by atoms with Crippen LogP contribution in [0.1, 0.15) is 91.9 Å². The molecule has 12 atom stereocenters. The SMILES string of the molecule is CC[C@H]1C(O)C2C3CCC([C@H](C)C[C@@H]4SC(=O)CC4=O)[C@@]3(C)CCC2[C@@]2(C)CC[C@@H](O)C[C@@H]12. The van der Waals surface area contributed by atoms with E-state index >= 15 is 0 Å². The number of carbonyl (C=O) groups excluding carboxylic acids is 2. The van der Waals surface area contributed by atoms with Crippen molar-refractivity contribution in [3.8, 4) is 0 Å². The summed E-state index contributed by atoms with van der Waals surface area (Å²) in [5.74, 6) is 3.34. The van der Waals surface area contributed by atoms with Gasteiger partial charge in [0, 0.05) is 0 Å². The molecule has 0 spiro atoms. The van der Waals surface area contributed by atoms with Gasteiger partial charge in [0.2, 0.25) is 0 Å². The van der Waals surface area contributed by atoms with E-state index in [0.717, 1.165) is 32.1 Å². The molecule has 0 amide bonds. The summed E-state index contributed by atoms with van der Waals surface area (Å²) in [7, 11) is 0. The third-order valence-corrected chi connectivity index (χ3v) is 12.8. The number of carbonyl (C=O) groups is 2. The Morgan fingerprint density at radius 2 is 1.70 bits per heavy atom. The fourth-order valence-electron chi connectivity index (χ4n) is 10.1. The van der Waals surface area contributed by atoms with Crippen LogP contribution >= 0.6 is 11.8 Å². The number of hydrogen-bond donors (Lipinski definition) is 2. The molecule has 4 saturated carbocycles. The fourth-order valence-corrected chi connectivity index (χ4v) is 11.3.